The third kappa shape index (κ3) is 3.78. The van der Waals surface area contributed by atoms with Crippen LogP contribution in [-0.2, 0) is 6.54 Å². The Bertz CT molecular complexity index is 647. The normalized spacial score (nSPS) is 10.4. The van der Waals surface area contributed by atoms with Gasteiger partial charge in [0.1, 0.15) is 17.3 Å². The van der Waals surface area contributed by atoms with E-state index in [1.165, 1.54) is 17.0 Å². The maximum absolute atomic E-state index is 12.9. The Morgan fingerprint density at radius 2 is 2.14 bits per heavy atom. The third-order valence-corrected chi connectivity index (χ3v) is 3.51. The molecule has 110 valence electrons. The highest BCUT2D eigenvalue weighted by Gasteiger charge is 2.17. The fourth-order valence-electron chi connectivity index (χ4n) is 1.88. The zero-order chi connectivity index (χ0) is 15.4. The number of aromatic hydroxyl groups is 1. The number of aromatic nitrogens is 1. The number of benzene rings is 1. The number of hydrogen-bond acceptors (Lipinski definition) is 3. The van der Waals surface area contributed by atoms with Crippen LogP contribution in [0, 0.1) is 5.82 Å². The average molecular weight is 353 g/mol. The number of rotatable bonds is 4. The van der Waals surface area contributed by atoms with Crippen molar-refractivity contribution in [2.75, 3.05) is 6.54 Å². The van der Waals surface area contributed by atoms with Crippen molar-refractivity contribution < 1.29 is 14.3 Å². The van der Waals surface area contributed by atoms with Gasteiger partial charge in [0.2, 0.25) is 0 Å². The first-order valence-corrected chi connectivity index (χ1v) is 7.18. The molecule has 6 heteroatoms. The lowest BCUT2D eigenvalue weighted by Crippen LogP contribution is -2.31. The molecule has 0 aliphatic carbocycles. The molecule has 0 saturated carbocycles. The molecule has 1 heterocycles. The van der Waals surface area contributed by atoms with Crippen LogP contribution in [0.4, 0.5) is 4.39 Å². The Balaban J connectivity index is 2.21. The summed E-state index contributed by atoms with van der Waals surface area (Å²) in [5.74, 6) is -0.673. The Morgan fingerprint density at radius 3 is 2.76 bits per heavy atom. The minimum Gasteiger partial charge on any atom is -0.508 e. The van der Waals surface area contributed by atoms with E-state index >= 15 is 0 Å². The van der Waals surface area contributed by atoms with Crippen LogP contribution < -0.4 is 0 Å². The third-order valence-electron chi connectivity index (χ3n) is 3.02. The van der Waals surface area contributed by atoms with Crippen molar-refractivity contribution in [1.82, 2.24) is 9.88 Å². The molecule has 1 N–H and O–H groups in total. The van der Waals surface area contributed by atoms with Crippen LogP contribution in [0.3, 0.4) is 0 Å². The molecule has 0 aliphatic heterocycles. The van der Waals surface area contributed by atoms with E-state index in [1.54, 1.807) is 18.2 Å². The number of nitrogens with zero attached hydrogens (tertiary/aromatic N) is 2. The lowest BCUT2D eigenvalue weighted by Gasteiger charge is -2.21. The largest absolute Gasteiger partial charge is 0.508 e. The Morgan fingerprint density at radius 1 is 1.38 bits per heavy atom. The number of carbonyl (C=O) groups excluding carboxylic acids is 1. The van der Waals surface area contributed by atoms with E-state index in [0.717, 1.165) is 10.7 Å². The summed E-state index contributed by atoms with van der Waals surface area (Å²) in [5, 5.41) is 9.84. The topological polar surface area (TPSA) is 53.4 Å². The predicted octanol–water partition coefficient (Wildman–Crippen LogP) is 3.35. The van der Waals surface area contributed by atoms with Crippen LogP contribution in [0.1, 0.15) is 23.0 Å². The van der Waals surface area contributed by atoms with Crippen LogP contribution in [0.25, 0.3) is 0 Å². The second-order valence-electron chi connectivity index (χ2n) is 4.45. The summed E-state index contributed by atoms with van der Waals surface area (Å²) in [4.78, 5) is 17.7. The number of halogens is 2. The quantitative estimate of drug-likeness (QED) is 0.917. The van der Waals surface area contributed by atoms with Crippen molar-refractivity contribution in [2.24, 2.45) is 0 Å². The molecule has 2 aromatic rings. The van der Waals surface area contributed by atoms with Gasteiger partial charge in [-0.25, -0.2) is 9.37 Å². The van der Waals surface area contributed by atoms with Gasteiger partial charge in [0, 0.05) is 23.1 Å². The molecule has 21 heavy (non-hydrogen) atoms. The summed E-state index contributed by atoms with van der Waals surface area (Å²) >= 11 is 3.33. The van der Waals surface area contributed by atoms with E-state index < -0.39 is 5.82 Å². The van der Waals surface area contributed by atoms with Gasteiger partial charge >= 0.3 is 0 Å². The van der Waals surface area contributed by atoms with Crippen LogP contribution >= 0.6 is 15.9 Å². The minimum absolute atomic E-state index is 0.122. The molecule has 0 bridgehead atoms. The molecule has 1 amide bonds. The zero-order valence-corrected chi connectivity index (χ0v) is 13.0. The van der Waals surface area contributed by atoms with Gasteiger partial charge < -0.3 is 10.0 Å². The van der Waals surface area contributed by atoms with Gasteiger partial charge in [-0.05, 0) is 37.3 Å². The number of phenolic OH excluding ortho intramolecular Hbond substituents is 1. The molecule has 4 nitrogen and oxygen atoms in total. The molecule has 0 atom stereocenters. The standard InChI is InChI=1S/C15H14BrFN2O2/c1-2-19(9-10-7-11(16)3-6-14(10)20)15(21)13-5-4-12(17)8-18-13/h3-8,20H,2,9H2,1H3. The summed E-state index contributed by atoms with van der Waals surface area (Å²) in [6.07, 6.45) is 1.01. The summed E-state index contributed by atoms with van der Waals surface area (Å²) < 4.78 is 13.7. The lowest BCUT2D eigenvalue weighted by molar-refractivity contribution is 0.0745. The van der Waals surface area contributed by atoms with Gasteiger partial charge in [0.05, 0.1) is 6.20 Å². The van der Waals surface area contributed by atoms with Crippen LogP contribution in [0.5, 0.6) is 5.75 Å². The van der Waals surface area contributed by atoms with Gasteiger partial charge in [-0.15, -0.1) is 0 Å². The smallest absolute Gasteiger partial charge is 0.272 e. The fraction of sp³-hybridized carbons (Fsp3) is 0.200. The first-order valence-electron chi connectivity index (χ1n) is 6.39. The lowest BCUT2D eigenvalue weighted by atomic mass is 10.2. The monoisotopic (exact) mass is 352 g/mol. The fourth-order valence-corrected chi connectivity index (χ4v) is 2.29. The van der Waals surface area contributed by atoms with E-state index in [1.807, 2.05) is 6.92 Å². The highest BCUT2D eigenvalue weighted by Crippen LogP contribution is 2.23. The SMILES string of the molecule is CCN(Cc1cc(Br)ccc1O)C(=O)c1ccc(F)cn1. The Kier molecular flexibility index (Phi) is 4.90. The van der Waals surface area contributed by atoms with Crippen molar-refractivity contribution in [1.29, 1.82) is 0 Å². The molecule has 0 fully saturated rings. The van der Waals surface area contributed by atoms with Gasteiger partial charge in [-0.3, -0.25) is 4.79 Å². The molecule has 2 rings (SSSR count). The van der Waals surface area contributed by atoms with Gasteiger partial charge in [0.15, 0.2) is 0 Å². The summed E-state index contributed by atoms with van der Waals surface area (Å²) in [6.45, 7) is 2.53. The number of hydrogen-bond donors (Lipinski definition) is 1. The Labute approximate surface area is 130 Å². The van der Waals surface area contributed by atoms with E-state index in [-0.39, 0.29) is 23.9 Å². The minimum atomic E-state index is -0.487. The van der Waals surface area contributed by atoms with Gasteiger partial charge in [0.25, 0.3) is 5.91 Å². The molecule has 0 radical (unpaired) electrons. The summed E-state index contributed by atoms with van der Waals surface area (Å²) in [5.41, 5.74) is 0.800. The molecular formula is C15H14BrFN2O2. The van der Waals surface area contributed by atoms with Gasteiger partial charge in [-0.2, -0.15) is 0 Å². The van der Waals surface area contributed by atoms with E-state index in [9.17, 15) is 14.3 Å². The molecule has 0 aliphatic rings. The molecule has 0 saturated heterocycles. The number of amides is 1. The molecule has 1 aromatic heterocycles. The second-order valence-corrected chi connectivity index (χ2v) is 5.37. The summed E-state index contributed by atoms with van der Waals surface area (Å²) in [6, 6.07) is 7.58. The van der Waals surface area contributed by atoms with E-state index in [4.69, 9.17) is 0 Å². The van der Waals surface area contributed by atoms with Gasteiger partial charge in [-0.1, -0.05) is 15.9 Å². The van der Waals surface area contributed by atoms with Crippen molar-refractivity contribution >= 4 is 21.8 Å². The van der Waals surface area contributed by atoms with Crippen molar-refractivity contribution in [3.05, 3.63) is 58.1 Å². The highest BCUT2D eigenvalue weighted by molar-refractivity contribution is 9.10. The average Bonchev–Trinajstić information content (AvgIpc) is 2.48. The van der Waals surface area contributed by atoms with Crippen molar-refractivity contribution in [3.8, 4) is 5.75 Å². The van der Waals surface area contributed by atoms with Crippen LogP contribution in [0.2, 0.25) is 0 Å². The maximum Gasteiger partial charge on any atom is 0.272 e. The van der Waals surface area contributed by atoms with Crippen LogP contribution in [-0.4, -0.2) is 27.4 Å². The highest BCUT2D eigenvalue weighted by atomic mass is 79.9. The first kappa shape index (κ1) is 15.4. The number of phenols is 1. The number of carbonyl (C=O) groups is 1. The van der Waals surface area contributed by atoms with E-state index in [0.29, 0.717) is 12.1 Å². The Hall–Kier alpha value is -1.95. The first-order chi connectivity index (χ1) is 10.0. The molecular weight excluding hydrogens is 339 g/mol. The van der Waals surface area contributed by atoms with E-state index in [2.05, 4.69) is 20.9 Å². The molecule has 0 unspecified atom stereocenters. The van der Waals surface area contributed by atoms with Crippen LogP contribution in [0.15, 0.2) is 41.0 Å². The molecule has 1 aromatic carbocycles. The summed E-state index contributed by atoms with van der Waals surface area (Å²) in [7, 11) is 0. The maximum atomic E-state index is 12.9. The predicted molar refractivity (Wildman–Crippen MR) is 80.4 cm³/mol. The number of pyridine rings is 1. The van der Waals surface area contributed by atoms with Crippen molar-refractivity contribution in [3.63, 3.8) is 0 Å². The zero-order valence-electron chi connectivity index (χ0n) is 11.4. The second kappa shape index (κ2) is 6.67. The van der Waals surface area contributed by atoms with Crippen molar-refractivity contribution in [2.45, 2.75) is 13.5 Å². The molecule has 0 spiro atoms.